The van der Waals surface area contributed by atoms with E-state index in [1.807, 2.05) is 24.3 Å². The van der Waals surface area contributed by atoms with Crippen LogP contribution >= 0.6 is 23.2 Å². The lowest BCUT2D eigenvalue weighted by Crippen LogP contribution is -2.50. The second-order valence-electron chi connectivity index (χ2n) is 6.84. The fraction of sp³-hybridized carbons (Fsp3) is 0.350. The summed E-state index contributed by atoms with van der Waals surface area (Å²) < 4.78 is 26.6. The molecule has 156 valence electrons. The van der Waals surface area contributed by atoms with Gasteiger partial charge in [0.2, 0.25) is 15.9 Å². The molecule has 0 spiro atoms. The molecular weight excluding hydrogens is 433 g/mol. The third-order valence-electron chi connectivity index (χ3n) is 4.77. The van der Waals surface area contributed by atoms with Crippen molar-refractivity contribution in [3.8, 4) is 0 Å². The van der Waals surface area contributed by atoms with Crippen molar-refractivity contribution < 1.29 is 13.2 Å². The molecule has 0 radical (unpaired) electrons. The molecule has 0 atom stereocenters. The van der Waals surface area contributed by atoms with E-state index in [4.69, 9.17) is 23.2 Å². The summed E-state index contributed by atoms with van der Waals surface area (Å²) in [5.41, 5.74) is 1.82. The standard InChI is InChI=1S/C20H23Cl2N3O3S/c21-17-6-4-16(5-7-17)14-20(26)23-8-13-29(27,28)25-11-9-24(10-12-25)19-3-1-2-18(22)15-19/h1-7,15H,8-14H2,(H,23,26). The number of hydrogen-bond acceptors (Lipinski definition) is 4. The molecule has 0 saturated carbocycles. The highest BCUT2D eigenvalue weighted by atomic mass is 35.5. The van der Waals surface area contributed by atoms with E-state index in [-0.39, 0.29) is 24.6 Å². The molecule has 1 N–H and O–H groups in total. The fourth-order valence-electron chi connectivity index (χ4n) is 3.20. The van der Waals surface area contributed by atoms with E-state index in [1.54, 1.807) is 24.3 Å². The first-order valence-electron chi connectivity index (χ1n) is 9.33. The van der Waals surface area contributed by atoms with E-state index in [1.165, 1.54) is 4.31 Å². The molecule has 2 aromatic rings. The number of carbonyl (C=O) groups is 1. The number of amides is 1. The molecule has 29 heavy (non-hydrogen) atoms. The van der Waals surface area contributed by atoms with E-state index in [0.29, 0.717) is 36.2 Å². The number of hydrogen-bond donors (Lipinski definition) is 1. The zero-order valence-corrected chi connectivity index (χ0v) is 18.2. The van der Waals surface area contributed by atoms with Gasteiger partial charge < -0.3 is 10.2 Å². The zero-order valence-electron chi connectivity index (χ0n) is 15.9. The Kier molecular flexibility index (Phi) is 7.40. The Morgan fingerprint density at radius 1 is 0.966 bits per heavy atom. The van der Waals surface area contributed by atoms with Crippen molar-refractivity contribution in [2.75, 3.05) is 43.4 Å². The van der Waals surface area contributed by atoms with E-state index in [0.717, 1.165) is 11.3 Å². The Morgan fingerprint density at radius 2 is 1.66 bits per heavy atom. The van der Waals surface area contributed by atoms with E-state index < -0.39 is 10.0 Å². The van der Waals surface area contributed by atoms with E-state index >= 15 is 0 Å². The van der Waals surface area contributed by atoms with Crippen LogP contribution in [-0.2, 0) is 21.2 Å². The summed E-state index contributed by atoms with van der Waals surface area (Å²) >= 11 is 11.9. The number of rotatable bonds is 7. The van der Waals surface area contributed by atoms with Gasteiger partial charge in [-0.2, -0.15) is 4.31 Å². The molecule has 1 heterocycles. The van der Waals surface area contributed by atoms with Crippen LogP contribution in [0.2, 0.25) is 10.0 Å². The van der Waals surface area contributed by atoms with Crippen LogP contribution in [-0.4, -0.2) is 57.1 Å². The van der Waals surface area contributed by atoms with Crippen molar-refractivity contribution in [1.29, 1.82) is 0 Å². The molecular formula is C20H23Cl2N3O3S. The predicted molar refractivity (Wildman–Crippen MR) is 117 cm³/mol. The Balaban J connectivity index is 1.44. The summed E-state index contributed by atoms with van der Waals surface area (Å²) in [6.07, 6.45) is 0.190. The second kappa shape index (κ2) is 9.80. The van der Waals surface area contributed by atoms with E-state index in [2.05, 4.69) is 10.2 Å². The Bertz CT molecular complexity index is 944. The SMILES string of the molecule is O=C(Cc1ccc(Cl)cc1)NCCS(=O)(=O)N1CCN(c2cccc(Cl)c2)CC1. The first kappa shape index (κ1) is 21.9. The third kappa shape index (κ3) is 6.34. The summed E-state index contributed by atoms with van der Waals surface area (Å²) in [6.45, 7) is 2.11. The molecule has 9 heteroatoms. The lowest BCUT2D eigenvalue weighted by molar-refractivity contribution is -0.120. The van der Waals surface area contributed by atoms with Gasteiger partial charge in [0.15, 0.2) is 0 Å². The summed E-state index contributed by atoms with van der Waals surface area (Å²) in [7, 11) is -3.42. The minimum atomic E-state index is -3.42. The molecule has 2 aromatic carbocycles. The smallest absolute Gasteiger partial charge is 0.224 e. The second-order valence-corrected chi connectivity index (χ2v) is 9.80. The van der Waals surface area contributed by atoms with Crippen molar-refractivity contribution in [2.24, 2.45) is 0 Å². The number of halogens is 2. The minimum absolute atomic E-state index is 0.0866. The topological polar surface area (TPSA) is 69.7 Å². The normalized spacial score (nSPS) is 15.3. The number of carbonyl (C=O) groups excluding carboxylic acids is 1. The van der Waals surface area contributed by atoms with Gasteiger partial charge in [0.1, 0.15) is 0 Å². The van der Waals surface area contributed by atoms with Gasteiger partial charge in [-0.25, -0.2) is 8.42 Å². The van der Waals surface area contributed by atoms with Gasteiger partial charge >= 0.3 is 0 Å². The Labute approximate surface area is 181 Å². The lowest BCUT2D eigenvalue weighted by atomic mass is 10.1. The molecule has 6 nitrogen and oxygen atoms in total. The van der Waals surface area contributed by atoms with Crippen molar-refractivity contribution in [2.45, 2.75) is 6.42 Å². The van der Waals surface area contributed by atoms with Crippen LogP contribution in [0.4, 0.5) is 5.69 Å². The molecule has 0 aromatic heterocycles. The first-order valence-corrected chi connectivity index (χ1v) is 11.7. The molecule has 1 amide bonds. The van der Waals surface area contributed by atoms with Gasteiger partial charge in [-0.05, 0) is 35.9 Å². The molecule has 1 aliphatic rings. The number of nitrogens with one attached hydrogen (secondary N) is 1. The Morgan fingerprint density at radius 3 is 2.31 bits per heavy atom. The van der Waals surface area contributed by atoms with Gasteiger partial charge in [0, 0.05) is 48.5 Å². The average Bonchev–Trinajstić information content (AvgIpc) is 2.70. The summed E-state index contributed by atoms with van der Waals surface area (Å²) in [5.74, 6) is -0.329. The first-order chi connectivity index (χ1) is 13.8. The molecule has 0 unspecified atom stereocenters. The van der Waals surface area contributed by atoms with Crippen LogP contribution in [0.1, 0.15) is 5.56 Å². The van der Waals surface area contributed by atoms with Crippen LogP contribution < -0.4 is 10.2 Å². The van der Waals surface area contributed by atoms with Crippen LogP contribution in [0.5, 0.6) is 0 Å². The molecule has 0 bridgehead atoms. The number of benzene rings is 2. The highest BCUT2D eigenvalue weighted by molar-refractivity contribution is 7.89. The van der Waals surface area contributed by atoms with Crippen molar-refractivity contribution in [3.63, 3.8) is 0 Å². The maximum atomic E-state index is 12.6. The predicted octanol–water partition coefficient (Wildman–Crippen LogP) is 2.80. The van der Waals surface area contributed by atoms with Crippen molar-refractivity contribution >= 4 is 44.8 Å². The third-order valence-corrected chi connectivity index (χ3v) is 7.12. The zero-order chi connectivity index (χ0) is 20.9. The maximum absolute atomic E-state index is 12.6. The summed E-state index contributed by atoms with van der Waals surface area (Å²) in [5, 5.41) is 3.95. The van der Waals surface area contributed by atoms with Gasteiger partial charge in [0.05, 0.1) is 12.2 Å². The molecule has 3 rings (SSSR count). The van der Waals surface area contributed by atoms with E-state index in [9.17, 15) is 13.2 Å². The minimum Gasteiger partial charge on any atom is -0.369 e. The number of nitrogens with zero attached hydrogens (tertiary/aromatic N) is 2. The van der Waals surface area contributed by atoms with Crippen LogP contribution in [0, 0.1) is 0 Å². The summed E-state index contributed by atoms with van der Waals surface area (Å²) in [4.78, 5) is 14.1. The van der Waals surface area contributed by atoms with Gasteiger partial charge in [-0.15, -0.1) is 0 Å². The van der Waals surface area contributed by atoms with Gasteiger partial charge in [-0.3, -0.25) is 4.79 Å². The van der Waals surface area contributed by atoms with Crippen molar-refractivity contribution in [3.05, 3.63) is 64.1 Å². The average molecular weight is 456 g/mol. The largest absolute Gasteiger partial charge is 0.369 e. The monoisotopic (exact) mass is 455 g/mol. The van der Waals surface area contributed by atoms with Crippen LogP contribution in [0.3, 0.4) is 0 Å². The fourth-order valence-corrected chi connectivity index (χ4v) is 4.84. The number of piperazine rings is 1. The van der Waals surface area contributed by atoms with Crippen molar-refractivity contribution in [1.82, 2.24) is 9.62 Å². The molecule has 1 aliphatic heterocycles. The highest BCUT2D eigenvalue weighted by Crippen LogP contribution is 2.21. The number of anilines is 1. The quantitative estimate of drug-likeness (QED) is 0.696. The van der Waals surface area contributed by atoms with Gasteiger partial charge in [0.25, 0.3) is 0 Å². The van der Waals surface area contributed by atoms with Gasteiger partial charge in [-0.1, -0.05) is 41.4 Å². The highest BCUT2D eigenvalue weighted by Gasteiger charge is 2.26. The molecule has 0 aliphatic carbocycles. The lowest BCUT2D eigenvalue weighted by Gasteiger charge is -2.35. The summed E-state index contributed by atoms with van der Waals surface area (Å²) in [6, 6.07) is 14.5. The molecule has 1 saturated heterocycles. The Hall–Kier alpha value is -1.80. The molecule has 1 fully saturated rings. The number of sulfonamides is 1. The van der Waals surface area contributed by atoms with Crippen LogP contribution in [0.15, 0.2) is 48.5 Å². The van der Waals surface area contributed by atoms with Crippen LogP contribution in [0.25, 0.3) is 0 Å². The maximum Gasteiger partial charge on any atom is 0.224 e.